The number of H-pyrrole nitrogens is 1. The van der Waals surface area contributed by atoms with Crippen molar-refractivity contribution in [3.05, 3.63) is 58.0 Å². The van der Waals surface area contributed by atoms with Gasteiger partial charge in [0.25, 0.3) is 0 Å². The molecule has 0 unspecified atom stereocenters. The molecule has 2 aromatic rings. The van der Waals surface area contributed by atoms with Crippen LogP contribution in [0.3, 0.4) is 0 Å². The van der Waals surface area contributed by atoms with Crippen molar-refractivity contribution in [2.75, 3.05) is 0 Å². The maximum atomic E-state index is 12.6. The number of benzene rings is 1. The third kappa shape index (κ3) is 2.85. The second kappa shape index (κ2) is 4.89. The molecule has 0 saturated carbocycles. The van der Waals surface area contributed by atoms with Crippen molar-refractivity contribution >= 4 is 0 Å². The third-order valence-electron chi connectivity index (χ3n) is 2.66. The number of aliphatic hydroxyl groups is 1. The van der Waals surface area contributed by atoms with Gasteiger partial charge in [0.15, 0.2) is 0 Å². The Kier molecular flexibility index (Phi) is 3.44. The van der Waals surface area contributed by atoms with E-state index in [-0.39, 0.29) is 11.3 Å². The van der Waals surface area contributed by atoms with Gasteiger partial charge in [-0.3, -0.25) is 4.79 Å². The lowest BCUT2D eigenvalue weighted by Crippen LogP contribution is -2.09. The molecule has 0 bridgehead atoms. The first-order chi connectivity index (χ1) is 8.91. The maximum Gasteiger partial charge on any atom is 0.416 e. The lowest BCUT2D eigenvalue weighted by atomic mass is 10.0. The number of halogens is 3. The van der Waals surface area contributed by atoms with Gasteiger partial charge in [-0.2, -0.15) is 13.2 Å². The van der Waals surface area contributed by atoms with Gasteiger partial charge >= 0.3 is 6.18 Å². The molecule has 1 aromatic carbocycles. The van der Waals surface area contributed by atoms with Crippen LogP contribution in [0.5, 0.6) is 0 Å². The van der Waals surface area contributed by atoms with Crippen molar-refractivity contribution in [1.82, 2.24) is 4.98 Å². The number of aliphatic hydroxyl groups excluding tert-OH is 1. The Morgan fingerprint density at radius 1 is 1.16 bits per heavy atom. The molecule has 2 rings (SSSR count). The van der Waals surface area contributed by atoms with Crippen LogP contribution in [0.1, 0.15) is 11.3 Å². The molecule has 19 heavy (non-hydrogen) atoms. The van der Waals surface area contributed by atoms with Crippen molar-refractivity contribution < 1.29 is 18.3 Å². The van der Waals surface area contributed by atoms with Gasteiger partial charge in [0, 0.05) is 11.6 Å². The van der Waals surface area contributed by atoms with Gasteiger partial charge in [-0.25, -0.2) is 0 Å². The summed E-state index contributed by atoms with van der Waals surface area (Å²) in [6, 6.07) is 7.31. The summed E-state index contributed by atoms with van der Waals surface area (Å²) < 4.78 is 37.9. The van der Waals surface area contributed by atoms with Crippen LogP contribution in [0.2, 0.25) is 0 Å². The highest BCUT2D eigenvalue weighted by atomic mass is 19.4. The Morgan fingerprint density at radius 3 is 2.53 bits per heavy atom. The monoisotopic (exact) mass is 269 g/mol. The van der Waals surface area contributed by atoms with E-state index in [1.54, 1.807) is 0 Å². The first-order valence-electron chi connectivity index (χ1n) is 5.42. The first kappa shape index (κ1) is 13.4. The molecule has 0 amide bonds. The van der Waals surface area contributed by atoms with Gasteiger partial charge in [-0.15, -0.1) is 0 Å². The summed E-state index contributed by atoms with van der Waals surface area (Å²) in [5, 5.41) is 9.14. The average Bonchev–Trinajstić information content (AvgIpc) is 2.37. The molecule has 0 radical (unpaired) electrons. The summed E-state index contributed by atoms with van der Waals surface area (Å²) in [5.41, 5.74) is -0.352. The van der Waals surface area contributed by atoms with Crippen LogP contribution in [0.25, 0.3) is 11.1 Å². The van der Waals surface area contributed by atoms with E-state index in [9.17, 15) is 18.0 Å². The summed E-state index contributed by atoms with van der Waals surface area (Å²) in [5.74, 6) is 0. The van der Waals surface area contributed by atoms with E-state index in [1.165, 1.54) is 24.3 Å². The number of aromatic nitrogens is 1. The van der Waals surface area contributed by atoms with E-state index in [1.807, 2.05) is 0 Å². The van der Waals surface area contributed by atoms with Crippen LogP contribution in [0.15, 0.2) is 41.2 Å². The molecule has 3 nitrogen and oxygen atoms in total. The minimum Gasteiger partial charge on any atom is -0.390 e. The molecule has 0 aliphatic carbocycles. The van der Waals surface area contributed by atoms with Crippen molar-refractivity contribution in [2.24, 2.45) is 0 Å². The molecule has 1 heterocycles. The number of aromatic amines is 1. The predicted molar refractivity (Wildman–Crippen MR) is 63.4 cm³/mol. The van der Waals surface area contributed by atoms with Crippen molar-refractivity contribution in [3.8, 4) is 11.1 Å². The van der Waals surface area contributed by atoms with Crippen molar-refractivity contribution in [1.29, 1.82) is 0 Å². The molecule has 1 aromatic heterocycles. The zero-order valence-electron chi connectivity index (χ0n) is 9.66. The van der Waals surface area contributed by atoms with Gasteiger partial charge < -0.3 is 10.1 Å². The lowest BCUT2D eigenvalue weighted by Gasteiger charge is -2.10. The van der Waals surface area contributed by atoms with Crippen LogP contribution in [-0.4, -0.2) is 10.1 Å². The molecule has 0 spiro atoms. The summed E-state index contributed by atoms with van der Waals surface area (Å²) in [6.07, 6.45) is -4.43. The summed E-state index contributed by atoms with van der Waals surface area (Å²) in [4.78, 5) is 13.5. The van der Waals surface area contributed by atoms with E-state index in [4.69, 9.17) is 5.11 Å². The fourth-order valence-electron chi connectivity index (χ4n) is 1.78. The highest BCUT2D eigenvalue weighted by Gasteiger charge is 2.30. The normalized spacial score (nSPS) is 11.6. The van der Waals surface area contributed by atoms with Crippen LogP contribution in [0.4, 0.5) is 13.2 Å². The summed E-state index contributed by atoms with van der Waals surface area (Å²) in [6.45, 7) is -0.457. The Labute approximate surface area is 106 Å². The number of pyridine rings is 1. The Balaban J connectivity index is 2.56. The van der Waals surface area contributed by atoms with E-state index in [2.05, 4.69) is 4.98 Å². The molecular weight excluding hydrogens is 259 g/mol. The second-order valence-electron chi connectivity index (χ2n) is 3.95. The zero-order valence-corrected chi connectivity index (χ0v) is 9.66. The van der Waals surface area contributed by atoms with Gasteiger partial charge in [0.1, 0.15) is 0 Å². The first-order valence-corrected chi connectivity index (χ1v) is 5.42. The topological polar surface area (TPSA) is 53.1 Å². The van der Waals surface area contributed by atoms with Crippen LogP contribution >= 0.6 is 0 Å². The van der Waals surface area contributed by atoms with Crippen molar-refractivity contribution in [2.45, 2.75) is 12.8 Å². The minimum atomic E-state index is -4.43. The highest BCUT2D eigenvalue weighted by molar-refractivity contribution is 5.66. The minimum absolute atomic E-state index is 0.187. The smallest absolute Gasteiger partial charge is 0.390 e. The molecule has 2 N–H and O–H groups in total. The fraction of sp³-hybridized carbons (Fsp3) is 0.154. The SMILES string of the molecule is O=c1ccc(-c2cccc(C(F)(F)F)c2)c(CO)[nH]1. The van der Waals surface area contributed by atoms with Gasteiger partial charge in [-0.1, -0.05) is 12.1 Å². The Morgan fingerprint density at radius 2 is 1.89 bits per heavy atom. The highest BCUT2D eigenvalue weighted by Crippen LogP contribution is 2.32. The van der Waals surface area contributed by atoms with Crippen LogP contribution in [-0.2, 0) is 12.8 Å². The Bertz CT molecular complexity index is 647. The van der Waals surface area contributed by atoms with Crippen LogP contribution in [0, 0.1) is 0 Å². The largest absolute Gasteiger partial charge is 0.416 e. The van der Waals surface area contributed by atoms with Crippen molar-refractivity contribution in [3.63, 3.8) is 0 Å². The van der Waals surface area contributed by atoms with Gasteiger partial charge in [0.05, 0.1) is 17.9 Å². The molecule has 0 aliphatic heterocycles. The molecular formula is C13H10F3NO2. The quantitative estimate of drug-likeness (QED) is 0.880. The summed E-state index contributed by atoms with van der Waals surface area (Å²) in [7, 11) is 0. The molecule has 6 heteroatoms. The molecule has 0 saturated heterocycles. The zero-order chi connectivity index (χ0) is 14.0. The maximum absolute atomic E-state index is 12.6. The van der Waals surface area contributed by atoms with E-state index < -0.39 is 23.9 Å². The number of hydrogen-bond donors (Lipinski definition) is 2. The fourth-order valence-corrected chi connectivity index (χ4v) is 1.78. The van der Waals surface area contributed by atoms with Gasteiger partial charge in [-0.05, 0) is 23.8 Å². The third-order valence-corrected chi connectivity index (χ3v) is 2.66. The number of rotatable bonds is 2. The van der Waals surface area contributed by atoms with Gasteiger partial charge in [0.2, 0.25) is 5.56 Å². The molecule has 0 fully saturated rings. The van der Waals surface area contributed by atoms with E-state index in [0.29, 0.717) is 5.56 Å². The van der Waals surface area contributed by atoms with E-state index >= 15 is 0 Å². The number of hydrogen-bond acceptors (Lipinski definition) is 2. The predicted octanol–water partition coefficient (Wildman–Crippen LogP) is 2.55. The molecule has 0 aliphatic rings. The second-order valence-corrected chi connectivity index (χ2v) is 3.95. The number of alkyl halides is 3. The average molecular weight is 269 g/mol. The standard InChI is InChI=1S/C13H10F3NO2/c14-13(15,16)9-3-1-2-8(6-9)10-4-5-12(19)17-11(10)7-18/h1-6,18H,7H2,(H,17,19). The van der Waals surface area contributed by atoms with E-state index in [0.717, 1.165) is 12.1 Å². The molecule has 100 valence electrons. The molecule has 0 atom stereocenters. The van der Waals surface area contributed by atoms with Crippen LogP contribution < -0.4 is 5.56 Å². The lowest BCUT2D eigenvalue weighted by molar-refractivity contribution is -0.137. The summed E-state index contributed by atoms with van der Waals surface area (Å²) >= 11 is 0. The number of nitrogens with one attached hydrogen (secondary N) is 1. The Hall–Kier alpha value is -2.08.